The molecule has 146 valence electrons. The Kier molecular flexibility index (Phi) is 5.70. The Morgan fingerprint density at radius 3 is 2.78 bits per heavy atom. The number of aromatic nitrogens is 1. The SMILES string of the molecule is Cc1c(CN2CCCN(C(=O)OC(C)(C)C)C[C@@H]2C)ccc2cnccc12. The Balaban J connectivity index is 1.71. The van der Waals surface area contributed by atoms with Gasteiger partial charge in [0, 0.05) is 50.0 Å². The number of nitrogens with zero attached hydrogens (tertiary/aromatic N) is 3. The average molecular weight is 370 g/mol. The van der Waals surface area contributed by atoms with Crippen LogP contribution in [0.2, 0.25) is 0 Å². The number of hydrogen-bond acceptors (Lipinski definition) is 4. The first kappa shape index (κ1) is 19.6. The molecule has 0 radical (unpaired) electrons. The number of aryl methyl sites for hydroxylation is 1. The van der Waals surface area contributed by atoms with Crippen LogP contribution in [0.25, 0.3) is 10.8 Å². The van der Waals surface area contributed by atoms with Gasteiger partial charge in [0.1, 0.15) is 5.60 Å². The summed E-state index contributed by atoms with van der Waals surface area (Å²) in [7, 11) is 0. The van der Waals surface area contributed by atoms with Gasteiger partial charge in [-0.1, -0.05) is 12.1 Å². The predicted octanol–water partition coefficient (Wildman–Crippen LogP) is 4.37. The van der Waals surface area contributed by atoms with Crippen molar-refractivity contribution >= 4 is 16.9 Å². The van der Waals surface area contributed by atoms with Crippen LogP contribution in [0.4, 0.5) is 4.79 Å². The van der Waals surface area contributed by atoms with E-state index < -0.39 is 5.60 Å². The summed E-state index contributed by atoms with van der Waals surface area (Å²) in [6.07, 6.45) is 4.52. The van der Waals surface area contributed by atoms with Crippen molar-refractivity contribution < 1.29 is 9.53 Å². The highest BCUT2D eigenvalue weighted by atomic mass is 16.6. The number of carbonyl (C=O) groups is 1. The molecule has 1 fully saturated rings. The highest BCUT2D eigenvalue weighted by molar-refractivity contribution is 5.85. The molecule has 27 heavy (non-hydrogen) atoms. The predicted molar refractivity (Wildman–Crippen MR) is 109 cm³/mol. The van der Waals surface area contributed by atoms with Crippen LogP contribution in [0, 0.1) is 6.92 Å². The largest absolute Gasteiger partial charge is 0.444 e. The Bertz CT molecular complexity index is 813. The Morgan fingerprint density at radius 1 is 1.26 bits per heavy atom. The zero-order valence-corrected chi connectivity index (χ0v) is 17.2. The van der Waals surface area contributed by atoms with Gasteiger partial charge in [-0.25, -0.2) is 4.79 Å². The molecular weight excluding hydrogens is 338 g/mol. The van der Waals surface area contributed by atoms with Crippen molar-refractivity contribution in [2.24, 2.45) is 0 Å². The summed E-state index contributed by atoms with van der Waals surface area (Å²) in [6, 6.07) is 6.74. The zero-order chi connectivity index (χ0) is 19.6. The van der Waals surface area contributed by atoms with E-state index in [2.05, 4.69) is 41.9 Å². The highest BCUT2D eigenvalue weighted by Crippen LogP contribution is 2.24. The monoisotopic (exact) mass is 369 g/mol. The lowest BCUT2D eigenvalue weighted by Crippen LogP contribution is -2.43. The maximum atomic E-state index is 12.5. The second-order valence-electron chi connectivity index (χ2n) is 8.55. The molecule has 0 saturated carbocycles. The van der Waals surface area contributed by atoms with Crippen LogP contribution in [-0.4, -0.2) is 52.2 Å². The van der Waals surface area contributed by atoms with Gasteiger partial charge in [0.2, 0.25) is 0 Å². The number of benzene rings is 1. The van der Waals surface area contributed by atoms with Crippen molar-refractivity contribution in [1.29, 1.82) is 0 Å². The lowest BCUT2D eigenvalue weighted by atomic mass is 10.0. The normalized spacial score (nSPS) is 19.1. The summed E-state index contributed by atoms with van der Waals surface area (Å²) >= 11 is 0. The first-order valence-corrected chi connectivity index (χ1v) is 9.79. The van der Waals surface area contributed by atoms with E-state index >= 15 is 0 Å². The van der Waals surface area contributed by atoms with Gasteiger partial charge < -0.3 is 9.64 Å². The number of carbonyl (C=O) groups excluding carboxylic acids is 1. The summed E-state index contributed by atoms with van der Waals surface area (Å²) in [5.74, 6) is 0. The van der Waals surface area contributed by atoms with Gasteiger partial charge in [-0.05, 0) is 63.6 Å². The third-order valence-corrected chi connectivity index (χ3v) is 5.21. The lowest BCUT2D eigenvalue weighted by Gasteiger charge is -2.30. The smallest absolute Gasteiger partial charge is 0.410 e. The number of amides is 1. The zero-order valence-electron chi connectivity index (χ0n) is 17.2. The summed E-state index contributed by atoms with van der Waals surface area (Å²) < 4.78 is 5.56. The fourth-order valence-corrected chi connectivity index (χ4v) is 3.70. The van der Waals surface area contributed by atoms with Gasteiger partial charge in [-0.15, -0.1) is 0 Å². The summed E-state index contributed by atoms with van der Waals surface area (Å²) in [4.78, 5) is 21.0. The van der Waals surface area contributed by atoms with Gasteiger partial charge in [0.25, 0.3) is 0 Å². The lowest BCUT2D eigenvalue weighted by molar-refractivity contribution is 0.0235. The maximum Gasteiger partial charge on any atom is 0.410 e. The van der Waals surface area contributed by atoms with E-state index in [1.165, 1.54) is 21.9 Å². The van der Waals surface area contributed by atoms with E-state index in [0.717, 1.165) is 26.1 Å². The first-order valence-electron chi connectivity index (χ1n) is 9.79. The fraction of sp³-hybridized carbons (Fsp3) is 0.545. The van der Waals surface area contributed by atoms with Gasteiger partial charge >= 0.3 is 6.09 Å². The van der Waals surface area contributed by atoms with Crippen LogP contribution >= 0.6 is 0 Å². The number of pyridine rings is 1. The molecule has 1 atom stereocenters. The van der Waals surface area contributed by atoms with E-state index in [1.807, 2.05) is 38.1 Å². The maximum absolute atomic E-state index is 12.5. The Hall–Kier alpha value is -2.14. The van der Waals surface area contributed by atoms with Crippen LogP contribution in [0.1, 0.15) is 45.2 Å². The number of hydrogen-bond donors (Lipinski definition) is 0. The molecule has 0 bridgehead atoms. The van der Waals surface area contributed by atoms with E-state index in [0.29, 0.717) is 6.54 Å². The van der Waals surface area contributed by atoms with Crippen molar-refractivity contribution in [2.45, 2.75) is 59.2 Å². The third-order valence-electron chi connectivity index (χ3n) is 5.21. The topological polar surface area (TPSA) is 45.7 Å². The molecule has 1 aromatic carbocycles. The van der Waals surface area contributed by atoms with E-state index in [4.69, 9.17) is 4.74 Å². The molecule has 0 N–H and O–H groups in total. The molecule has 3 rings (SSSR count). The third kappa shape index (κ3) is 4.78. The van der Waals surface area contributed by atoms with Crippen molar-refractivity contribution in [3.8, 4) is 0 Å². The van der Waals surface area contributed by atoms with Crippen molar-refractivity contribution in [2.75, 3.05) is 19.6 Å². The van der Waals surface area contributed by atoms with Gasteiger partial charge in [-0.2, -0.15) is 0 Å². The number of fused-ring (bicyclic) bond motifs is 1. The van der Waals surface area contributed by atoms with E-state index in [-0.39, 0.29) is 12.1 Å². The van der Waals surface area contributed by atoms with Crippen LogP contribution in [0.5, 0.6) is 0 Å². The molecule has 0 aliphatic carbocycles. The Morgan fingerprint density at radius 2 is 2.04 bits per heavy atom. The minimum Gasteiger partial charge on any atom is -0.444 e. The summed E-state index contributed by atoms with van der Waals surface area (Å²) in [5.41, 5.74) is 2.20. The molecule has 2 heterocycles. The second kappa shape index (κ2) is 7.85. The van der Waals surface area contributed by atoms with Crippen LogP contribution < -0.4 is 0 Å². The fourth-order valence-electron chi connectivity index (χ4n) is 3.70. The molecular formula is C22H31N3O2. The molecule has 0 spiro atoms. The molecule has 0 unspecified atom stereocenters. The van der Waals surface area contributed by atoms with Gasteiger partial charge in [0.15, 0.2) is 0 Å². The van der Waals surface area contributed by atoms with Gasteiger partial charge in [-0.3, -0.25) is 9.88 Å². The van der Waals surface area contributed by atoms with Crippen molar-refractivity contribution in [3.05, 3.63) is 41.7 Å². The van der Waals surface area contributed by atoms with Gasteiger partial charge in [0.05, 0.1) is 0 Å². The van der Waals surface area contributed by atoms with Crippen molar-refractivity contribution in [3.63, 3.8) is 0 Å². The Labute approximate surface area is 162 Å². The molecule has 1 amide bonds. The minimum atomic E-state index is -0.455. The number of rotatable bonds is 2. The van der Waals surface area contributed by atoms with Crippen LogP contribution in [-0.2, 0) is 11.3 Å². The molecule has 1 saturated heterocycles. The first-order chi connectivity index (χ1) is 12.7. The average Bonchev–Trinajstić information content (AvgIpc) is 2.78. The molecule has 5 nitrogen and oxygen atoms in total. The standard InChI is InChI=1S/C22H31N3O2/c1-16-14-25(21(26)27-22(3,4)5)12-6-11-24(16)15-19-8-7-18-13-23-10-9-20(18)17(19)2/h7-10,13,16H,6,11-12,14-15H2,1-5H3/t16-/m0/s1. The number of ether oxygens (including phenoxy) is 1. The quantitative estimate of drug-likeness (QED) is 0.788. The second-order valence-corrected chi connectivity index (χ2v) is 8.55. The van der Waals surface area contributed by atoms with Crippen LogP contribution in [0.3, 0.4) is 0 Å². The molecule has 1 aliphatic rings. The molecule has 1 aliphatic heterocycles. The molecule has 2 aromatic rings. The summed E-state index contributed by atoms with van der Waals surface area (Å²) in [6.45, 7) is 13.4. The van der Waals surface area contributed by atoms with E-state index in [9.17, 15) is 4.79 Å². The van der Waals surface area contributed by atoms with Crippen molar-refractivity contribution in [1.82, 2.24) is 14.8 Å². The molecule has 1 aromatic heterocycles. The van der Waals surface area contributed by atoms with Crippen LogP contribution in [0.15, 0.2) is 30.6 Å². The summed E-state index contributed by atoms with van der Waals surface area (Å²) in [5, 5.41) is 2.44. The van der Waals surface area contributed by atoms with E-state index in [1.54, 1.807) is 0 Å². The minimum absolute atomic E-state index is 0.203. The highest BCUT2D eigenvalue weighted by Gasteiger charge is 2.28. The molecule has 5 heteroatoms.